The van der Waals surface area contributed by atoms with Crippen LogP contribution in [0.1, 0.15) is 5.56 Å². The van der Waals surface area contributed by atoms with E-state index in [9.17, 15) is 9.59 Å². The first-order valence-corrected chi connectivity index (χ1v) is 6.28. The molecule has 0 unspecified atom stereocenters. The number of nitrogens with zero attached hydrogens (tertiary/aromatic N) is 2. The summed E-state index contributed by atoms with van der Waals surface area (Å²) >= 11 is 0. The number of rotatable bonds is 6. The molecule has 0 atom stereocenters. The summed E-state index contributed by atoms with van der Waals surface area (Å²) in [5.41, 5.74) is 11.0. The van der Waals surface area contributed by atoms with Crippen LogP contribution in [0.5, 0.6) is 5.75 Å². The highest BCUT2D eigenvalue weighted by molar-refractivity contribution is 5.89. The Hall–Kier alpha value is -3.80. The molecule has 9 heteroatoms. The van der Waals surface area contributed by atoms with Gasteiger partial charge in [0.05, 0.1) is 6.21 Å². The van der Waals surface area contributed by atoms with Crippen molar-refractivity contribution >= 4 is 24.1 Å². The minimum atomic E-state index is -1.26. The molecule has 0 radical (unpaired) electrons. The Morgan fingerprint density at radius 2 is 1.79 bits per heavy atom. The number of hydrogen-bond donors (Lipinski definition) is 4. The van der Waals surface area contributed by atoms with E-state index in [0.29, 0.717) is 17.9 Å². The van der Waals surface area contributed by atoms with E-state index < -0.39 is 11.9 Å². The van der Waals surface area contributed by atoms with Crippen LogP contribution < -0.4 is 16.2 Å². The molecule has 126 valence electrons. The third-order valence-electron chi connectivity index (χ3n) is 1.97. The van der Waals surface area contributed by atoms with E-state index in [-0.39, 0.29) is 12.6 Å². The van der Waals surface area contributed by atoms with Crippen LogP contribution in [0.2, 0.25) is 0 Å². The molecule has 6 N–H and O–H groups in total. The standard InChI is InChI=1S/C11H12N4O.C4H4O4/c1-2-7-16-10-6-4-3-5-9(10)8-14-15-11(12)13;5-3(6)1-2-4(7)8/h1,3-6,8H,7H2,(H4,12,13,15);1-2H,(H,5,6)(H,7,8)/b;2-1-. The van der Waals surface area contributed by atoms with E-state index in [1.54, 1.807) is 6.07 Å². The van der Waals surface area contributed by atoms with Crippen LogP contribution in [0.25, 0.3) is 0 Å². The summed E-state index contributed by atoms with van der Waals surface area (Å²) in [7, 11) is 0. The van der Waals surface area contributed by atoms with Gasteiger partial charge in [0.25, 0.3) is 0 Å². The fourth-order valence-electron chi connectivity index (χ4n) is 1.14. The Morgan fingerprint density at radius 3 is 2.29 bits per heavy atom. The molecular weight excluding hydrogens is 316 g/mol. The third-order valence-corrected chi connectivity index (χ3v) is 1.97. The fraction of sp³-hybridized carbons (Fsp3) is 0.0667. The quantitative estimate of drug-likeness (QED) is 0.188. The Balaban J connectivity index is 0.000000561. The van der Waals surface area contributed by atoms with Crippen molar-refractivity contribution in [3.05, 3.63) is 42.0 Å². The number of carbonyl (C=O) groups is 2. The zero-order chi connectivity index (χ0) is 18.4. The summed E-state index contributed by atoms with van der Waals surface area (Å²) < 4.78 is 5.31. The van der Waals surface area contributed by atoms with Crippen molar-refractivity contribution in [2.75, 3.05) is 6.61 Å². The maximum atomic E-state index is 9.55. The van der Waals surface area contributed by atoms with Gasteiger partial charge in [-0.3, -0.25) is 0 Å². The summed E-state index contributed by atoms with van der Waals surface area (Å²) in [6, 6.07) is 7.29. The predicted octanol–water partition coefficient (Wildman–Crippen LogP) is 0.0177. The number of terminal acetylenes is 1. The van der Waals surface area contributed by atoms with E-state index in [0.717, 1.165) is 5.56 Å². The Labute approximate surface area is 137 Å². The molecule has 9 nitrogen and oxygen atoms in total. The number of carboxylic acid groups (broad SMARTS) is 2. The molecule has 0 aliphatic heterocycles. The monoisotopic (exact) mass is 332 g/mol. The largest absolute Gasteiger partial charge is 0.480 e. The zero-order valence-corrected chi connectivity index (χ0v) is 12.5. The molecule has 0 aromatic heterocycles. The van der Waals surface area contributed by atoms with Crippen molar-refractivity contribution in [3.63, 3.8) is 0 Å². The highest BCUT2D eigenvalue weighted by atomic mass is 16.5. The topological polar surface area (TPSA) is 161 Å². The van der Waals surface area contributed by atoms with Gasteiger partial charge in [0, 0.05) is 17.7 Å². The summed E-state index contributed by atoms with van der Waals surface area (Å²) in [5, 5.41) is 22.8. The molecule has 0 spiro atoms. The van der Waals surface area contributed by atoms with Crippen LogP contribution in [0, 0.1) is 12.3 Å². The molecule has 0 amide bonds. The molecule has 1 rings (SSSR count). The second-order valence-electron chi connectivity index (χ2n) is 3.81. The molecule has 0 saturated carbocycles. The summed E-state index contributed by atoms with van der Waals surface area (Å²) in [6.45, 7) is 0.202. The normalized spacial score (nSPS) is 9.62. The smallest absolute Gasteiger partial charge is 0.328 e. The van der Waals surface area contributed by atoms with Gasteiger partial charge in [-0.2, -0.15) is 5.10 Å². The number of carboxylic acids is 2. The maximum Gasteiger partial charge on any atom is 0.328 e. The van der Waals surface area contributed by atoms with E-state index >= 15 is 0 Å². The van der Waals surface area contributed by atoms with Gasteiger partial charge >= 0.3 is 11.9 Å². The van der Waals surface area contributed by atoms with Crippen molar-refractivity contribution in [2.45, 2.75) is 0 Å². The van der Waals surface area contributed by atoms with Crippen LogP contribution in [-0.2, 0) is 9.59 Å². The van der Waals surface area contributed by atoms with Crippen LogP contribution in [0.3, 0.4) is 0 Å². The van der Waals surface area contributed by atoms with Crippen molar-refractivity contribution in [1.29, 1.82) is 0 Å². The molecule has 0 aliphatic carbocycles. The van der Waals surface area contributed by atoms with Crippen molar-refractivity contribution in [3.8, 4) is 18.1 Å². The third kappa shape index (κ3) is 10.9. The molecular formula is C15H16N4O5. The number of para-hydroxylation sites is 1. The number of hydrogen-bond acceptors (Lipinski definition) is 5. The lowest BCUT2D eigenvalue weighted by molar-refractivity contribution is -0.134. The molecule has 0 saturated heterocycles. The Kier molecular flexibility index (Phi) is 9.95. The van der Waals surface area contributed by atoms with Crippen molar-refractivity contribution in [2.24, 2.45) is 21.7 Å². The van der Waals surface area contributed by atoms with E-state index in [4.69, 9.17) is 32.8 Å². The van der Waals surface area contributed by atoms with Gasteiger partial charge in [-0.1, -0.05) is 18.1 Å². The first-order valence-electron chi connectivity index (χ1n) is 6.28. The average molecular weight is 332 g/mol. The number of guanidine groups is 1. The van der Waals surface area contributed by atoms with Crippen LogP contribution in [0.15, 0.2) is 46.6 Å². The number of nitrogens with two attached hydrogens (primary N) is 2. The van der Waals surface area contributed by atoms with Gasteiger partial charge < -0.3 is 26.4 Å². The van der Waals surface area contributed by atoms with Crippen molar-refractivity contribution < 1.29 is 24.5 Å². The van der Waals surface area contributed by atoms with Crippen molar-refractivity contribution in [1.82, 2.24) is 0 Å². The molecule has 1 aromatic rings. The maximum absolute atomic E-state index is 9.55. The number of aliphatic carboxylic acids is 2. The molecule has 0 bridgehead atoms. The minimum absolute atomic E-state index is 0.0988. The molecule has 0 heterocycles. The molecule has 1 aromatic carbocycles. The minimum Gasteiger partial charge on any atom is -0.480 e. The van der Waals surface area contributed by atoms with E-state index in [2.05, 4.69) is 16.1 Å². The lowest BCUT2D eigenvalue weighted by Gasteiger charge is -2.04. The van der Waals surface area contributed by atoms with Gasteiger partial charge in [0.15, 0.2) is 0 Å². The Morgan fingerprint density at radius 1 is 1.21 bits per heavy atom. The fourth-order valence-corrected chi connectivity index (χ4v) is 1.14. The van der Waals surface area contributed by atoms with Gasteiger partial charge in [0.1, 0.15) is 12.4 Å². The van der Waals surface area contributed by atoms with Gasteiger partial charge in [-0.05, 0) is 12.1 Å². The molecule has 0 aliphatic rings. The number of benzene rings is 1. The number of ether oxygens (including phenoxy) is 1. The first-order chi connectivity index (χ1) is 11.4. The van der Waals surface area contributed by atoms with Crippen LogP contribution in [0.4, 0.5) is 0 Å². The summed E-state index contributed by atoms with van der Waals surface area (Å²) in [6.07, 6.45) is 7.71. The SMILES string of the molecule is C#CCOc1ccccc1C=NN=C(N)N.O=C(O)/C=C\C(=O)O. The lowest BCUT2D eigenvalue weighted by Crippen LogP contribution is -2.21. The second-order valence-corrected chi connectivity index (χ2v) is 3.81. The lowest BCUT2D eigenvalue weighted by atomic mass is 10.2. The van der Waals surface area contributed by atoms with Crippen LogP contribution in [-0.4, -0.2) is 40.9 Å². The predicted molar refractivity (Wildman–Crippen MR) is 88.6 cm³/mol. The highest BCUT2D eigenvalue weighted by Crippen LogP contribution is 2.15. The second kappa shape index (κ2) is 11.8. The Bertz CT molecular complexity index is 669. The highest BCUT2D eigenvalue weighted by Gasteiger charge is 1.98. The van der Waals surface area contributed by atoms with Gasteiger partial charge in [0.2, 0.25) is 5.96 Å². The molecule has 0 fully saturated rings. The average Bonchev–Trinajstić information content (AvgIpc) is 2.52. The van der Waals surface area contributed by atoms with E-state index in [1.807, 2.05) is 18.2 Å². The first kappa shape index (κ1) is 20.2. The zero-order valence-electron chi connectivity index (χ0n) is 12.5. The summed E-state index contributed by atoms with van der Waals surface area (Å²) in [5.74, 6) is 0.405. The van der Waals surface area contributed by atoms with Gasteiger partial charge in [-0.15, -0.1) is 11.5 Å². The van der Waals surface area contributed by atoms with Crippen LogP contribution >= 0.6 is 0 Å². The summed E-state index contributed by atoms with van der Waals surface area (Å²) in [4.78, 5) is 19.1. The molecule has 24 heavy (non-hydrogen) atoms. The van der Waals surface area contributed by atoms with Gasteiger partial charge in [-0.25, -0.2) is 9.59 Å². The van der Waals surface area contributed by atoms with E-state index in [1.165, 1.54) is 6.21 Å².